The number of nitrogens with zero attached hydrogens (tertiary/aromatic N) is 3. The summed E-state index contributed by atoms with van der Waals surface area (Å²) in [5.74, 6) is 0.323. The molecular formula is C18H25N3O4. The summed E-state index contributed by atoms with van der Waals surface area (Å²) in [6.07, 6.45) is 1.77. The zero-order valence-electron chi connectivity index (χ0n) is 15.0. The molecule has 1 aliphatic carbocycles. The lowest BCUT2D eigenvalue weighted by molar-refractivity contribution is -0.385. The molecule has 2 aliphatic rings. The Bertz CT molecular complexity index is 671. The first-order valence-electron chi connectivity index (χ1n) is 8.76. The predicted octanol–water partition coefficient (Wildman–Crippen LogP) is 3.53. The normalized spacial score (nSPS) is 18.2. The third-order valence-corrected chi connectivity index (χ3v) is 4.52. The van der Waals surface area contributed by atoms with Crippen LogP contribution in [0.5, 0.6) is 0 Å². The summed E-state index contributed by atoms with van der Waals surface area (Å²) in [5, 5.41) is 11.2. The average molecular weight is 347 g/mol. The van der Waals surface area contributed by atoms with Crippen molar-refractivity contribution in [2.45, 2.75) is 45.1 Å². The van der Waals surface area contributed by atoms with Gasteiger partial charge >= 0.3 is 6.09 Å². The molecule has 1 saturated heterocycles. The maximum Gasteiger partial charge on any atom is 0.410 e. The van der Waals surface area contributed by atoms with Crippen LogP contribution in [-0.4, -0.2) is 47.7 Å². The van der Waals surface area contributed by atoms with E-state index in [1.165, 1.54) is 0 Å². The molecule has 2 fully saturated rings. The average Bonchev–Trinajstić information content (AvgIpc) is 3.37. The predicted molar refractivity (Wildman–Crippen MR) is 95.1 cm³/mol. The number of carbonyl (C=O) groups excluding carboxylic acids is 1. The monoisotopic (exact) mass is 347 g/mol. The molecule has 1 heterocycles. The first-order chi connectivity index (χ1) is 11.7. The Balaban J connectivity index is 1.66. The van der Waals surface area contributed by atoms with Gasteiger partial charge in [-0.2, -0.15) is 0 Å². The molecule has 0 aromatic heterocycles. The Labute approximate surface area is 147 Å². The van der Waals surface area contributed by atoms with Gasteiger partial charge in [-0.15, -0.1) is 0 Å². The third-order valence-electron chi connectivity index (χ3n) is 4.52. The smallest absolute Gasteiger partial charge is 0.410 e. The van der Waals surface area contributed by atoms with Crippen LogP contribution in [-0.2, 0) is 4.74 Å². The highest BCUT2D eigenvalue weighted by atomic mass is 16.6. The number of hydrogen-bond acceptors (Lipinski definition) is 5. The molecule has 0 unspecified atom stereocenters. The standard InChI is InChI=1S/C18H25N3O4/c1-18(2,3)25-17(22)20-10-8-19(9-11-20)14-6-7-16(21(23)24)15(12-14)13-4-5-13/h6-7,12-13H,4-5,8-11H2,1-3H3. The molecule has 25 heavy (non-hydrogen) atoms. The van der Waals surface area contributed by atoms with Gasteiger partial charge in [0.25, 0.3) is 5.69 Å². The molecule has 3 rings (SSSR count). The van der Waals surface area contributed by atoms with Crippen LogP contribution in [0.2, 0.25) is 0 Å². The summed E-state index contributed by atoms with van der Waals surface area (Å²) in [5.41, 5.74) is 1.57. The molecule has 0 spiro atoms. The van der Waals surface area contributed by atoms with Crippen molar-refractivity contribution in [2.75, 3.05) is 31.1 Å². The zero-order chi connectivity index (χ0) is 18.2. The fourth-order valence-corrected chi connectivity index (χ4v) is 3.10. The fraction of sp³-hybridized carbons (Fsp3) is 0.611. The van der Waals surface area contributed by atoms with Gasteiger partial charge in [0.05, 0.1) is 4.92 Å². The van der Waals surface area contributed by atoms with Crippen molar-refractivity contribution in [1.82, 2.24) is 4.90 Å². The van der Waals surface area contributed by atoms with Gasteiger partial charge in [-0.25, -0.2) is 4.79 Å². The highest BCUT2D eigenvalue weighted by Crippen LogP contribution is 2.45. The van der Waals surface area contributed by atoms with Crippen LogP contribution in [0, 0.1) is 10.1 Å². The molecule has 0 atom stereocenters. The number of nitro groups is 1. The zero-order valence-corrected chi connectivity index (χ0v) is 15.0. The van der Waals surface area contributed by atoms with E-state index in [2.05, 4.69) is 4.90 Å². The van der Waals surface area contributed by atoms with Crippen molar-refractivity contribution >= 4 is 17.5 Å². The second-order valence-electron chi connectivity index (χ2n) is 7.73. The summed E-state index contributed by atoms with van der Waals surface area (Å²) in [7, 11) is 0. The lowest BCUT2D eigenvalue weighted by atomic mass is 10.1. The van der Waals surface area contributed by atoms with Crippen molar-refractivity contribution in [1.29, 1.82) is 0 Å². The number of piperazine rings is 1. The van der Waals surface area contributed by atoms with E-state index in [0.29, 0.717) is 32.1 Å². The summed E-state index contributed by atoms with van der Waals surface area (Å²) < 4.78 is 5.41. The second kappa shape index (κ2) is 6.54. The summed E-state index contributed by atoms with van der Waals surface area (Å²) in [6, 6.07) is 5.38. The molecule has 1 saturated carbocycles. The van der Waals surface area contributed by atoms with Gasteiger partial charge in [0, 0.05) is 43.5 Å². The van der Waals surface area contributed by atoms with Crippen LogP contribution >= 0.6 is 0 Å². The molecule has 1 aromatic carbocycles. The van der Waals surface area contributed by atoms with E-state index in [0.717, 1.165) is 24.1 Å². The van der Waals surface area contributed by atoms with Gasteiger partial charge < -0.3 is 14.5 Å². The van der Waals surface area contributed by atoms with Gasteiger partial charge in [0.2, 0.25) is 0 Å². The maximum atomic E-state index is 12.1. The van der Waals surface area contributed by atoms with E-state index in [-0.39, 0.29) is 16.7 Å². The van der Waals surface area contributed by atoms with Gasteiger partial charge in [-0.05, 0) is 51.7 Å². The molecular weight excluding hydrogens is 322 g/mol. The molecule has 1 aliphatic heterocycles. The van der Waals surface area contributed by atoms with E-state index in [1.54, 1.807) is 11.0 Å². The molecule has 136 valence electrons. The van der Waals surface area contributed by atoms with Crippen LogP contribution in [0.25, 0.3) is 0 Å². The summed E-state index contributed by atoms with van der Waals surface area (Å²) >= 11 is 0. The molecule has 1 aromatic rings. The quantitative estimate of drug-likeness (QED) is 0.617. The summed E-state index contributed by atoms with van der Waals surface area (Å²) in [4.78, 5) is 26.9. The van der Waals surface area contributed by atoms with Gasteiger partial charge in [0.1, 0.15) is 5.60 Å². The summed E-state index contributed by atoms with van der Waals surface area (Å²) in [6.45, 7) is 8.14. The number of anilines is 1. The van der Waals surface area contributed by atoms with Crippen molar-refractivity contribution in [3.63, 3.8) is 0 Å². The highest BCUT2D eigenvalue weighted by Gasteiger charge is 2.32. The minimum Gasteiger partial charge on any atom is -0.444 e. The van der Waals surface area contributed by atoms with Gasteiger partial charge in [-0.1, -0.05) is 0 Å². The minimum atomic E-state index is -0.494. The molecule has 0 radical (unpaired) electrons. The lowest BCUT2D eigenvalue weighted by Gasteiger charge is -2.36. The number of nitro benzene ring substituents is 1. The molecule has 7 heteroatoms. The van der Waals surface area contributed by atoms with E-state index >= 15 is 0 Å². The first kappa shape index (κ1) is 17.5. The maximum absolute atomic E-state index is 12.1. The van der Waals surface area contributed by atoms with Crippen LogP contribution < -0.4 is 4.90 Å². The highest BCUT2D eigenvalue weighted by molar-refractivity contribution is 5.69. The van der Waals surface area contributed by atoms with E-state index in [4.69, 9.17) is 4.74 Å². The van der Waals surface area contributed by atoms with Crippen LogP contribution in [0.1, 0.15) is 45.1 Å². The second-order valence-corrected chi connectivity index (χ2v) is 7.73. The van der Waals surface area contributed by atoms with Crippen LogP contribution in [0.4, 0.5) is 16.2 Å². The lowest BCUT2D eigenvalue weighted by Crippen LogP contribution is -2.50. The van der Waals surface area contributed by atoms with E-state index in [9.17, 15) is 14.9 Å². The Morgan fingerprint density at radius 3 is 2.36 bits per heavy atom. The largest absolute Gasteiger partial charge is 0.444 e. The van der Waals surface area contributed by atoms with Crippen LogP contribution in [0.3, 0.4) is 0 Å². The fourth-order valence-electron chi connectivity index (χ4n) is 3.10. The number of rotatable bonds is 3. The number of hydrogen-bond donors (Lipinski definition) is 0. The van der Waals surface area contributed by atoms with Crippen molar-refractivity contribution in [2.24, 2.45) is 0 Å². The van der Waals surface area contributed by atoms with Crippen molar-refractivity contribution < 1.29 is 14.5 Å². The van der Waals surface area contributed by atoms with E-state index < -0.39 is 5.60 Å². The number of benzene rings is 1. The number of amides is 1. The Kier molecular flexibility index (Phi) is 4.58. The topological polar surface area (TPSA) is 75.9 Å². The van der Waals surface area contributed by atoms with Gasteiger partial charge in [0.15, 0.2) is 0 Å². The number of carbonyl (C=O) groups is 1. The molecule has 0 bridgehead atoms. The molecule has 7 nitrogen and oxygen atoms in total. The van der Waals surface area contributed by atoms with Crippen LogP contribution in [0.15, 0.2) is 18.2 Å². The van der Waals surface area contributed by atoms with Crippen molar-refractivity contribution in [3.05, 3.63) is 33.9 Å². The minimum absolute atomic E-state index is 0.221. The van der Waals surface area contributed by atoms with E-state index in [1.807, 2.05) is 32.9 Å². The Hall–Kier alpha value is -2.31. The van der Waals surface area contributed by atoms with Gasteiger partial charge in [-0.3, -0.25) is 10.1 Å². The Morgan fingerprint density at radius 2 is 1.84 bits per heavy atom. The first-order valence-corrected chi connectivity index (χ1v) is 8.76. The SMILES string of the molecule is CC(C)(C)OC(=O)N1CCN(c2ccc([N+](=O)[O-])c(C3CC3)c2)CC1. The number of ether oxygens (including phenoxy) is 1. The Morgan fingerprint density at radius 1 is 1.20 bits per heavy atom. The molecule has 1 amide bonds. The molecule has 0 N–H and O–H groups in total. The third kappa shape index (κ3) is 4.21. The van der Waals surface area contributed by atoms with Crippen molar-refractivity contribution in [3.8, 4) is 0 Å².